The Morgan fingerprint density at radius 2 is 2.09 bits per heavy atom. The average molecular weight is 437 g/mol. The molecule has 1 amide bonds. The zero-order chi connectivity index (χ0) is 23.1. The number of carbonyl (C=O) groups is 1. The minimum absolute atomic E-state index is 0.0499. The summed E-state index contributed by atoms with van der Waals surface area (Å²) in [5, 5.41) is 18.0. The highest BCUT2D eigenvalue weighted by Gasteiger charge is 2.26. The summed E-state index contributed by atoms with van der Waals surface area (Å²) in [7, 11) is 0. The van der Waals surface area contributed by atoms with E-state index in [2.05, 4.69) is 25.8 Å². The first-order chi connectivity index (χ1) is 15.3. The second-order valence-corrected chi connectivity index (χ2v) is 7.29. The van der Waals surface area contributed by atoms with Gasteiger partial charge < -0.3 is 20.9 Å². The van der Waals surface area contributed by atoms with Crippen LogP contribution in [0.5, 0.6) is 0 Å². The number of rotatable bonds is 9. The number of aromatic nitrogens is 3. The quantitative estimate of drug-likeness (QED) is 0.377. The Labute approximate surface area is 184 Å². The van der Waals surface area contributed by atoms with Crippen molar-refractivity contribution < 1.29 is 13.7 Å². The van der Waals surface area contributed by atoms with Gasteiger partial charge in [0.1, 0.15) is 29.3 Å². The highest BCUT2D eigenvalue weighted by atomic mass is 19.1. The molecule has 1 atom stereocenters. The Morgan fingerprint density at radius 3 is 2.78 bits per heavy atom. The first kappa shape index (κ1) is 22.8. The molecule has 1 unspecified atom stereocenters. The third-order valence-electron chi connectivity index (χ3n) is 4.82. The van der Waals surface area contributed by atoms with Gasteiger partial charge in [-0.05, 0) is 31.6 Å². The molecular formula is C22H24FN7O2. The Bertz CT molecular complexity index is 1130. The molecule has 3 aromatic rings. The molecule has 3 rings (SSSR count). The molecule has 10 heteroatoms. The van der Waals surface area contributed by atoms with Gasteiger partial charge in [-0.1, -0.05) is 30.3 Å². The smallest absolute Gasteiger partial charge is 0.245 e. The van der Waals surface area contributed by atoms with E-state index in [0.29, 0.717) is 23.4 Å². The van der Waals surface area contributed by atoms with Gasteiger partial charge in [-0.2, -0.15) is 0 Å². The van der Waals surface area contributed by atoms with E-state index in [4.69, 9.17) is 15.7 Å². The molecule has 0 saturated heterocycles. The Balaban J connectivity index is 1.81. The van der Waals surface area contributed by atoms with Crippen molar-refractivity contribution in [2.45, 2.75) is 32.4 Å². The molecule has 0 fully saturated rings. The topological polar surface area (TPSA) is 143 Å². The van der Waals surface area contributed by atoms with Crippen molar-refractivity contribution in [3.8, 4) is 0 Å². The van der Waals surface area contributed by atoms with E-state index < -0.39 is 5.54 Å². The van der Waals surface area contributed by atoms with Gasteiger partial charge in [0.15, 0.2) is 5.82 Å². The predicted molar refractivity (Wildman–Crippen MR) is 118 cm³/mol. The van der Waals surface area contributed by atoms with Crippen LogP contribution in [0.1, 0.15) is 37.4 Å². The van der Waals surface area contributed by atoms with Gasteiger partial charge in [0.25, 0.3) is 0 Å². The van der Waals surface area contributed by atoms with Crippen molar-refractivity contribution in [3.05, 3.63) is 77.8 Å². The van der Waals surface area contributed by atoms with Gasteiger partial charge in [0.2, 0.25) is 5.91 Å². The molecule has 0 radical (unpaired) electrons. The number of hydrogen-bond acceptors (Lipinski definition) is 8. The van der Waals surface area contributed by atoms with Crippen LogP contribution in [0.15, 0.2) is 59.5 Å². The van der Waals surface area contributed by atoms with E-state index >= 15 is 0 Å². The summed E-state index contributed by atoms with van der Waals surface area (Å²) in [4.78, 5) is 20.6. The third-order valence-corrected chi connectivity index (χ3v) is 4.82. The highest BCUT2D eigenvalue weighted by Crippen LogP contribution is 2.14. The van der Waals surface area contributed by atoms with Gasteiger partial charge in [-0.3, -0.25) is 10.2 Å². The van der Waals surface area contributed by atoms with Crippen LogP contribution in [-0.4, -0.2) is 32.3 Å². The second-order valence-electron chi connectivity index (χ2n) is 7.29. The molecule has 0 aliphatic carbocycles. The lowest BCUT2D eigenvalue weighted by atomic mass is 10.00. The predicted octanol–water partition coefficient (Wildman–Crippen LogP) is 2.87. The molecule has 0 bridgehead atoms. The lowest BCUT2D eigenvalue weighted by Gasteiger charge is -2.21. The Morgan fingerprint density at radius 1 is 1.31 bits per heavy atom. The monoisotopic (exact) mass is 437 g/mol. The van der Waals surface area contributed by atoms with Crippen molar-refractivity contribution in [1.29, 1.82) is 5.41 Å². The normalized spacial score (nSPS) is 13.3. The van der Waals surface area contributed by atoms with E-state index in [0.717, 1.165) is 0 Å². The lowest BCUT2D eigenvalue weighted by Crippen LogP contribution is -2.47. The fourth-order valence-electron chi connectivity index (χ4n) is 2.59. The molecule has 0 aliphatic heterocycles. The summed E-state index contributed by atoms with van der Waals surface area (Å²) in [6.45, 7) is 3.60. The van der Waals surface area contributed by atoms with E-state index in [9.17, 15) is 9.18 Å². The fourth-order valence-corrected chi connectivity index (χ4v) is 2.59. The van der Waals surface area contributed by atoms with E-state index in [-0.39, 0.29) is 35.6 Å². The number of benzene rings is 1. The van der Waals surface area contributed by atoms with Crippen LogP contribution < -0.4 is 16.4 Å². The number of amides is 1. The first-order valence-corrected chi connectivity index (χ1v) is 9.92. The minimum atomic E-state index is -1.05. The SMILES string of the molecule is CCC(C)(N)C(=O)Nc1ccnc(C(=N)/C=C(\NCc2ccccc2F)c2ccon2)n1. The first-order valence-electron chi connectivity index (χ1n) is 9.92. The van der Waals surface area contributed by atoms with Crippen molar-refractivity contribution in [1.82, 2.24) is 20.4 Å². The van der Waals surface area contributed by atoms with Crippen molar-refractivity contribution >= 4 is 23.1 Å². The largest absolute Gasteiger partial charge is 0.379 e. The summed E-state index contributed by atoms with van der Waals surface area (Å²) in [6.07, 6.45) is 4.73. The molecule has 1 aromatic carbocycles. The van der Waals surface area contributed by atoms with E-state index in [1.54, 1.807) is 31.2 Å². The number of carbonyl (C=O) groups excluding carboxylic acids is 1. The maximum Gasteiger partial charge on any atom is 0.245 e. The van der Waals surface area contributed by atoms with Gasteiger partial charge in [-0.25, -0.2) is 14.4 Å². The number of allylic oxidation sites excluding steroid dienone is 1. The standard InChI is InChI=1S/C22H24FN7O2/c1-3-22(2,25)21(31)29-19-8-10-26-20(28-19)16(24)12-18(17-9-11-32-30-17)27-13-14-6-4-5-7-15(14)23/h4-12,24,27H,3,13,25H2,1-2H3,(H,26,28,29,31)/b18-12-,24-16?. The molecular weight excluding hydrogens is 413 g/mol. The Hall–Kier alpha value is -3.92. The van der Waals surface area contributed by atoms with Crippen LogP contribution in [0.3, 0.4) is 0 Å². The number of hydrogen-bond donors (Lipinski definition) is 4. The number of nitrogens with zero attached hydrogens (tertiary/aromatic N) is 3. The summed E-state index contributed by atoms with van der Waals surface area (Å²) in [5.74, 6) is -0.431. The third kappa shape index (κ3) is 5.61. The number of nitrogens with two attached hydrogens (primary N) is 1. The van der Waals surface area contributed by atoms with Crippen molar-refractivity contribution in [2.75, 3.05) is 5.32 Å². The molecule has 166 valence electrons. The van der Waals surface area contributed by atoms with Gasteiger partial charge in [0, 0.05) is 24.4 Å². The molecule has 0 spiro atoms. The van der Waals surface area contributed by atoms with Crippen LogP contribution in [0, 0.1) is 11.2 Å². The zero-order valence-electron chi connectivity index (χ0n) is 17.7. The zero-order valence-corrected chi connectivity index (χ0v) is 17.7. The fraction of sp³-hybridized carbons (Fsp3) is 0.227. The second kappa shape index (κ2) is 9.92. The highest BCUT2D eigenvalue weighted by molar-refractivity contribution is 6.08. The van der Waals surface area contributed by atoms with Crippen molar-refractivity contribution in [2.24, 2.45) is 5.73 Å². The van der Waals surface area contributed by atoms with Crippen LogP contribution in [0.25, 0.3) is 5.70 Å². The van der Waals surface area contributed by atoms with Gasteiger partial charge in [-0.15, -0.1) is 0 Å². The van der Waals surface area contributed by atoms with Crippen LogP contribution in [0.2, 0.25) is 0 Å². The summed E-state index contributed by atoms with van der Waals surface area (Å²) < 4.78 is 18.9. The average Bonchev–Trinajstić information content (AvgIpc) is 3.32. The summed E-state index contributed by atoms with van der Waals surface area (Å²) in [5.41, 5.74) is 6.17. The molecule has 5 N–H and O–H groups in total. The molecule has 0 aliphatic rings. The number of anilines is 1. The van der Waals surface area contributed by atoms with Crippen molar-refractivity contribution in [3.63, 3.8) is 0 Å². The number of nitrogens with one attached hydrogen (secondary N) is 3. The maximum atomic E-state index is 14.0. The van der Waals surface area contributed by atoms with Gasteiger partial charge >= 0.3 is 0 Å². The van der Waals surface area contributed by atoms with Gasteiger partial charge in [0.05, 0.1) is 11.2 Å². The maximum absolute atomic E-state index is 14.0. The van der Waals surface area contributed by atoms with E-state index in [1.165, 1.54) is 30.7 Å². The Kier molecular flexibility index (Phi) is 7.06. The molecule has 0 saturated carbocycles. The molecule has 32 heavy (non-hydrogen) atoms. The molecule has 2 aromatic heterocycles. The van der Waals surface area contributed by atoms with Crippen LogP contribution in [-0.2, 0) is 11.3 Å². The van der Waals surface area contributed by atoms with Crippen LogP contribution >= 0.6 is 0 Å². The molecule has 2 heterocycles. The number of halogens is 1. The summed E-state index contributed by atoms with van der Waals surface area (Å²) >= 11 is 0. The molecule has 9 nitrogen and oxygen atoms in total. The van der Waals surface area contributed by atoms with Crippen LogP contribution in [0.4, 0.5) is 10.2 Å². The lowest BCUT2D eigenvalue weighted by molar-refractivity contribution is -0.120. The minimum Gasteiger partial charge on any atom is -0.379 e. The van der Waals surface area contributed by atoms with E-state index in [1.807, 2.05) is 6.92 Å². The summed E-state index contributed by atoms with van der Waals surface area (Å²) in [6, 6.07) is 9.50.